The molecule has 2 aromatic rings. The van der Waals surface area contributed by atoms with E-state index >= 15 is 0 Å². The molecule has 0 fully saturated rings. The number of nitrogens with two attached hydrogens (primary N) is 1. The molecule has 0 saturated carbocycles. The normalized spacial score (nSPS) is 10.2. The Morgan fingerprint density at radius 2 is 2.05 bits per heavy atom. The van der Waals surface area contributed by atoms with E-state index in [-0.39, 0.29) is 12.4 Å². The van der Waals surface area contributed by atoms with Gasteiger partial charge >= 0.3 is 5.97 Å². The highest BCUT2D eigenvalue weighted by Crippen LogP contribution is 2.16. The maximum atomic E-state index is 13.1. The molecular formula is C14H11BrFNO2. The van der Waals surface area contributed by atoms with E-state index in [9.17, 15) is 9.18 Å². The van der Waals surface area contributed by atoms with Crippen molar-refractivity contribution < 1.29 is 13.9 Å². The van der Waals surface area contributed by atoms with Crippen LogP contribution in [-0.2, 0) is 11.3 Å². The van der Waals surface area contributed by atoms with Gasteiger partial charge in [0.25, 0.3) is 0 Å². The number of carbonyl (C=O) groups excluding carboxylic acids is 1. The molecule has 5 heteroatoms. The monoisotopic (exact) mass is 323 g/mol. The number of ether oxygens (including phenoxy) is 1. The van der Waals surface area contributed by atoms with E-state index in [0.29, 0.717) is 21.3 Å². The fraction of sp³-hybridized carbons (Fsp3) is 0.0714. The molecule has 0 radical (unpaired) electrons. The highest BCUT2D eigenvalue weighted by molar-refractivity contribution is 9.10. The van der Waals surface area contributed by atoms with Crippen molar-refractivity contribution in [3.63, 3.8) is 0 Å². The standard InChI is InChI=1S/C14H11BrFNO2/c15-11-4-9(5-12(16)7-11)8-19-14(18)10-2-1-3-13(17)6-10/h1-7H,8,17H2. The van der Waals surface area contributed by atoms with Gasteiger partial charge in [0.15, 0.2) is 0 Å². The summed E-state index contributed by atoms with van der Waals surface area (Å²) in [5, 5.41) is 0. The lowest BCUT2D eigenvalue weighted by atomic mass is 10.2. The predicted octanol–water partition coefficient (Wildman–Crippen LogP) is 3.53. The summed E-state index contributed by atoms with van der Waals surface area (Å²) in [4.78, 5) is 11.8. The average molecular weight is 324 g/mol. The minimum Gasteiger partial charge on any atom is -0.457 e. The maximum absolute atomic E-state index is 13.1. The van der Waals surface area contributed by atoms with Gasteiger partial charge in [-0.3, -0.25) is 0 Å². The molecule has 0 heterocycles. The lowest BCUT2D eigenvalue weighted by Crippen LogP contribution is -2.06. The van der Waals surface area contributed by atoms with Crippen LogP contribution in [0.4, 0.5) is 10.1 Å². The van der Waals surface area contributed by atoms with Gasteiger partial charge in [-0.15, -0.1) is 0 Å². The van der Waals surface area contributed by atoms with Crippen LogP contribution in [0.3, 0.4) is 0 Å². The number of hydrogen-bond donors (Lipinski definition) is 1. The van der Waals surface area contributed by atoms with Crippen LogP contribution < -0.4 is 5.73 Å². The molecular weight excluding hydrogens is 313 g/mol. The molecule has 0 aromatic heterocycles. The quantitative estimate of drug-likeness (QED) is 0.694. The van der Waals surface area contributed by atoms with Gasteiger partial charge in [0.05, 0.1) is 5.56 Å². The Bertz CT molecular complexity index is 596. The molecule has 0 unspecified atom stereocenters. The third-order valence-corrected chi connectivity index (χ3v) is 2.87. The molecule has 0 aliphatic rings. The molecule has 2 aromatic carbocycles. The molecule has 0 aliphatic heterocycles. The molecule has 0 atom stereocenters. The topological polar surface area (TPSA) is 52.3 Å². The Kier molecular flexibility index (Phi) is 4.16. The third kappa shape index (κ3) is 3.79. The van der Waals surface area contributed by atoms with E-state index in [2.05, 4.69) is 15.9 Å². The summed E-state index contributed by atoms with van der Waals surface area (Å²) in [6, 6.07) is 10.8. The summed E-state index contributed by atoms with van der Waals surface area (Å²) in [5.41, 5.74) is 7.01. The van der Waals surface area contributed by atoms with Gasteiger partial charge in [-0.05, 0) is 42.0 Å². The number of rotatable bonds is 3. The molecule has 98 valence electrons. The summed E-state index contributed by atoms with van der Waals surface area (Å²) in [7, 11) is 0. The molecule has 19 heavy (non-hydrogen) atoms. The fourth-order valence-electron chi connectivity index (χ4n) is 1.59. The number of benzene rings is 2. The summed E-state index contributed by atoms with van der Waals surface area (Å²) in [6.07, 6.45) is 0. The van der Waals surface area contributed by atoms with E-state index < -0.39 is 5.97 Å². The van der Waals surface area contributed by atoms with E-state index in [1.807, 2.05) is 0 Å². The first-order chi connectivity index (χ1) is 9.04. The average Bonchev–Trinajstić information content (AvgIpc) is 2.35. The molecule has 0 amide bonds. The van der Waals surface area contributed by atoms with Gasteiger partial charge in [-0.1, -0.05) is 22.0 Å². The van der Waals surface area contributed by atoms with Gasteiger partial charge in [0.1, 0.15) is 12.4 Å². The number of esters is 1. The van der Waals surface area contributed by atoms with Crippen LogP contribution in [0.25, 0.3) is 0 Å². The van der Waals surface area contributed by atoms with Gasteiger partial charge in [-0.25, -0.2) is 9.18 Å². The lowest BCUT2D eigenvalue weighted by Gasteiger charge is -2.06. The van der Waals surface area contributed by atoms with Crippen LogP contribution >= 0.6 is 15.9 Å². The minimum absolute atomic E-state index is 0.00396. The third-order valence-electron chi connectivity index (χ3n) is 2.41. The van der Waals surface area contributed by atoms with Crippen molar-refractivity contribution in [1.82, 2.24) is 0 Å². The van der Waals surface area contributed by atoms with E-state index in [1.165, 1.54) is 18.2 Å². The number of carbonyl (C=O) groups is 1. The first kappa shape index (κ1) is 13.5. The Morgan fingerprint density at radius 3 is 2.74 bits per heavy atom. The van der Waals surface area contributed by atoms with Crippen molar-refractivity contribution in [2.45, 2.75) is 6.61 Å². The van der Waals surface area contributed by atoms with Crippen molar-refractivity contribution in [2.75, 3.05) is 5.73 Å². The summed E-state index contributed by atoms with van der Waals surface area (Å²) in [6.45, 7) is 0.00396. The zero-order valence-electron chi connectivity index (χ0n) is 9.90. The highest BCUT2D eigenvalue weighted by atomic mass is 79.9. The van der Waals surface area contributed by atoms with Crippen LogP contribution in [0.15, 0.2) is 46.9 Å². The zero-order valence-corrected chi connectivity index (χ0v) is 11.5. The van der Waals surface area contributed by atoms with E-state index in [0.717, 1.165) is 0 Å². The largest absolute Gasteiger partial charge is 0.457 e. The van der Waals surface area contributed by atoms with E-state index in [4.69, 9.17) is 10.5 Å². The summed E-state index contributed by atoms with van der Waals surface area (Å²) in [5.74, 6) is -0.878. The molecule has 0 bridgehead atoms. The SMILES string of the molecule is Nc1cccc(C(=O)OCc2cc(F)cc(Br)c2)c1. The number of hydrogen-bond acceptors (Lipinski definition) is 3. The van der Waals surface area contributed by atoms with Gasteiger partial charge in [-0.2, -0.15) is 0 Å². The van der Waals surface area contributed by atoms with Gasteiger partial charge in [0, 0.05) is 10.2 Å². The zero-order chi connectivity index (χ0) is 13.8. The Morgan fingerprint density at radius 1 is 1.26 bits per heavy atom. The van der Waals surface area contributed by atoms with Crippen molar-refractivity contribution in [2.24, 2.45) is 0 Å². The maximum Gasteiger partial charge on any atom is 0.338 e. The Hall–Kier alpha value is -1.88. The highest BCUT2D eigenvalue weighted by Gasteiger charge is 2.08. The van der Waals surface area contributed by atoms with Gasteiger partial charge < -0.3 is 10.5 Å². The van der Waals surface area contributed by atoms with Crippen LogP contribution in [0, 0.1) is 5.82 Å². The second-order valence-electron chi connectivity index (χ2n) is 3.98. The number of halogens is 2. The number of anilines is 1. The lowest BCUT2D eigenvalue weighted by molar-refractivity contribution is 0.0472. The Balaban J connectivity index is 2.04. The van der Waals surface area contributed by atoms with Crippen LogP contribution in [0.5, 0.6) is 0 Å². The number of nitrogen functional groups attached to an aromatic ring is 1. The van der Waals surface area contributed by atoms with Gasteiger partial charge in [0.2, 0.25) is 0 Å². The van der Waals surface area contributed by atoms with Crippen LogP contribution in [0.1, 0.15) is 15.9 Å². The fourth-order valence-corrected chi connectivity index (χ4v) is 2.10. The summed E-state index contributed by atoms with van der Waals surface area (Å²) < 4.78 is 18.8. The smallest absolute Gasteiger partial charge is 0.338 e. The molecule has 0 spiro atoms. The Labute approximate surface area is 118 Å². The summed E-state index contributed by atoms with van der Waals surface area (Å²) >= 11 is 3.18. The first-order valence-electron chi connectivity index (χ1n) is 5.52. The minimum atomic E-state index is -0.493. The first-order valence-corrected chi connectivity index (χ1v) is 6.31. The van der Waals surface area contributed by atoms with Crippen LogP contribution in [0.2, 0.25) is 0 Å². The molecule has 2 N–H and O–H groups in total. The van der Waals surface area contributed by atoms with E-state index in [1.54, 1.807) is 24.3 Å². The van der Waals surface area contributed by atoms with Crippen molar-refractivity contribution in [1.29, 1.82) is 0 Å². The predicted molar refractivity (Wildman–Crippen MR) is 74.1 cm³/mol. The second-order valence-corrected chi connectivity index (χ2v) is 4.89. The molecule has 0 aliphatic carbocycles. The molecule has 3 nitrogen and oxygen atoms in total. The van der Waals surface area contributed by atoms with Crippen molar-refractivity contribution in [3.05, 3.63) is 63.9 Å². The second kappa shape index (κ2) is 5.84. The van der Waals surface area contributed by atoms with Crippen LogP contribution in [-0.4, -0.2) is 5.97 Å². The molecule has 2 rings (SSSR count). The van der Waals surface area contributed by atoms with Crippen molar-refractivity contribution in [3.8, 4) is 0 Å². The van der Waals surface area contributed by atoms with Crippen molar-refractivity contribution >= 4 is 27.6 Å². The molecule has 0 saturated heterocycles.